The lowest BCUT2D eigenvalue weighted by Gasteiger charge is -2.14. The van der Waals surface area contributed by atoms with E-state index in [2.05, 4.69) is 5.32 Å². The van der Waals surface area contributed by atoms with Crippen molar-refractivity contribution < 1.29 is 38.1 Å². The second kappa shape index (κ2) is 11.2. The van der Waals surface area contributed by atoms with Gasteiger partial charge >= 0.3 is 5.97 Å². The summed E-state index contributed by atoms with van der Waals surface area (Å²) in [5.41, 5.74) is 1.03. The van der Waals surface area contributed by atoms with E-state index < -0.39 is 11.9 Å². The van der Waals surface area contributed by atoms with Gasteiger partial charge in [-0.2, -0.15) is 0 Å². The minimum Gasteiger partial charge on any atom is -0.493 e. The van der Waals surface area contributed by atoms with Crippen molar-refractivity contribution in [2.24, 2.45) is 0 Å². The number of fused-ring (bicyclic) bond motifs is 1. The van der Waals surface area contributed by atoms with Gasteiger partial charge in [-0.05, 0) is 37.1 Å². The number of hydrogen-bond acceptors (Lipinski definition) is 8. The molecule has 1 heterocycles. The zero-order valence-corrected chi connectivity index (χ0v) is 19.2. The van der Waals surface area contributed by atoms with Gasteiger partial charge in [-0.3, -0.25) is 24.1 Å². The van der Waals surface area contributed by atoms with Crippen molar-refractivity contribution in [1.29, 1.82) is 0 Å². The normalized spacial score (nSPS) is 12.3. The molecule has 34 heavy (non-hydrogen) atoms. The third kappa shape index (κ3) is 5.28. The summed E-state index contributed by atoms with van der Waals surface area (Å²) in [6.07, 6.45) is 0.941. The predicted molar refractivity (Wildman–Crippen MR) is 120 cm³/mol. The molecule has 0 bridgehead atoms. The molecule has 10 heteroatoms. The Labute approximate surface area is 196 Å². The van der Waals surface area contributed by atoms with Crippen LogP contribution in [0.4, 0.5) is 0 Å². The maximum Gasteiger partial charge on any atom is 0.325 e. The number of ether oxygens (including phenoxy) is 4. The first-order chi connectivity index (χ1) is 16.4. The highest BCUT2D eigenvalue weighted by atomic mass is 16.5. The Balaban J connectivity index is 1.40. The summed E-state index contributed by atoms with van der Waals surface area (Å²) >= 11 is 0. The van der Waals surface area contributed by atoms with Crippen LogP contribution in [0, 0.1) is 0 Å². The Hall–Kier alpha value is -4.08. The lowest BCUT2D eigenvalue weighted by atomic mass is 10.1. The maximum atomic E-state index is 12.4. The van der Waals surface area contributed by atoms with Gasteiger partial charge in [0.25, 0.3) is 17.7 Å². The summed E-state index contributed by atoms with van der Waals surface area (Å²) < 4.78 is 20.8. The molecule has 0 spiro atoms. The van der Waals surface area contributed by atoms with Gasteiger partial charge in [-0.1, -0.05) is 12.1 Å². The number of esters is 1. The topological polar surface area (TPSA) is 120 Å². The number of rotatable bonds is 11. The van der Waals surface area contributed by atoms with Crippen molar-refractivity contribution in [2.45, 2.75) is 12.8 Å². The van der Waals surface area contributed by atoms with Gasteiger partial charge in [0.15, 0.2) is 11.5 Å². The first-order valence-electron chi connectivity index (χ1n) is 10.6. The van der Waals surface area contributed by atoms with Gasteiger partial charge in [-0.15, -0.1) is 0 Å². The van der Waals surface area contributed by atoms with E-state index in [1.54, 1.807) is 24.3 Å². The number of imide groups is 1. The summed E-state index contributed by atoms with van der Waals surface area (Å²) in [5, 5.41) is 2.48. The van der Waals surface area contributed by atoms with Crippen molar-refractivity contribution in [3.63, 3.8) is 0 Å². The lowest BCUT2D eigenvalue weighted by molar-refractivity contribution is -0.142. The van der Waals surface area contributed by atoms with Gasteiger partial charge in [-0.25, -0.2) is 0 Å². The highest BCUT2D eigenvalue weighted by Gasteiger charge is 2.34. The number of amides is 3. The van der Waals surface area contributed by atoms with Crippen LogP contribution < -0.4 is 19.5 Å². The fourth-order valence-corrected chi connectivity index (χ4v) is 3.52. The van der Waals surface area contributed by atoms with Crippen LogP contribution in [0.5, 0.6) is 17.2 Å². The number of benzene rings is 2. The molecule has 1 aliphatic rings. The second-order valence-electron chi connectivity index (χ2n) is 7.33. The van der Waals surface area contributed by atoms with E-state index >= 15 is 0 Å². The molecule has 0 aromatic heterocycles. The molecule has 0 atom stereocenters. The van der Waals surface area contributed by atoms with Crippen LogP contribution >= 0.6 is 0 Å². The van der Waals surface area contributed by atoms with Crippen LogP contribution in [0.15, 0.2) is 36.4 Å². The van der Waals surface area contributed by atoms with Crippen LogP contribution in [0.2, 0.25) is 0 Å². The quantitative estimate of drug-likeness (QED) is 0.301. The van der Waals surface area contributed by atoms with Crippen molar-refractivity contribution in [1.82, 2.24) is 10.2 Å². The molecule has 1 N–H and O–H groups in total. The van der Waals surface area contributed by atoms with Crippen LogP contribution in [-0.4, -0.2) is 69.6 Å². The summed E-state index contributed by atoms with van der Waals surface area (Å²) in [5.74, 6) is -0.773. The van der Waals surface area contributed by atoms with E-state index in [0.29, 0.717) is 41.2 Å². The summed E-state index contributed by atoms with van der Waals surface area (Å²) in [6, 6.07) is 9.64. The van der Waals surface area contributed by atoms with Crippen molar-refractivity contribution in [2.75, 3.05) is 41.0 Å². The van der Waals surface area contributed by atoms with Crippen LogP contribution in [0.25, 0.3) is 0 Å². The maximum absolute atomic E-state index is 12.4. The largest absolute Gasteiger partial charge is 0.493 e. The Morgan fingerprint density at radius 2 is 1.47 bits per heavy atom. The zero-order chi connectivity index (χ0) is 24.7. The van der Waals surface area contributed by atoms with Gasteiger partial charge in [0, 0.05) is 12.1 Å². The number of carbonyl (C=O) groups is 4. The van der Waals surface area contributed by atoms with E-state index in [4.69, 9.17) is 18.9 Å². The fourth-order valence-electron chi connectivity index (χ4n) is 3.52. The SMILES string of the molecule is COc1cc(C(=O)NCC(=O)OCCCCN2C(=O)c3ccccc3C2=O)cc(OC)c1OC. The molecule has 1 aliphatic heterocycles. The molecule has 2 aromatic carbocycles. The predicted octanol–water partition coefficient (Wildman–Crippen LogP) is 2.06. The molecule has 180 valence electrons. The standard InChI is InChI=1S/C24H26N2O8/c1-31-18-12-15(13-19(32-2)21(18)33-3)22(28)25-14-20(27)34-11-7-6-10-26-23(29)16-8-4-5-9-17(16)24(26)30/h4-5,8-9,12-13H,6-7,10-11,14H2,1-3H3,(H,25,28). The van der Waals surface area contributed by atoms with E-state index in [0.717, 1.165) is 0 Å². The number of carbonyl (C=O) groups excluding carboxylic acids is 4. The molecule has 3 amide bonds. The Bertz CT molecular complexity index is 1040. The third-order valence-electron chi connectivity index (χ3n) is 5.24. The first kappa shape index (κ1) is 24.6. The van der Waals surface area contributed by atoms with E-state index in [1.165, 1.54) is 38.4 Å². The second-order valence-corrected chi connectivity index (χ2v) is 7.33. The molecule has 3 rings (SSSR count). The first-order valence-corrected chi connectivity index (χ1v) is 10.6. The molecule has 0 saturated carbocycles. The number of nitrogens with one attached hydrogen (secondary N) is 1. The fraction of sp³-hybridized carbons (Fsp3) is 0.333. The minimum atomic E-state index is -0.610. The highest BCUT2D eigenvalue weighted by molar-refractivity contribution is 6.21. The number of unbranched alkanes of at least 4 members (excludes halogenated alkanes) is 1. The van der Waals surface area contributed by atoms with Gasteiger partial charge in [0.1, 0.15) is 6.54 Å². The van der Waals surface area contributed by atoms with E-state index in [-0.39, 0.29) is 37.1 Å². The molecule has 2 aromatic rings. The highest BCUT2D eigenvalue weighted by Crippen LogP contribution is 2.38. The third-order valence-corrected chi connectivity index (χ3v) is 5.24. The molecular weight excluding hydrogens is 444 g/mol. The Kier molecular flexibility index (Phi) is 8.07. The van der Waals surface area contributed by atoms with Crippen molar-refractivity contribution in [3.8, 4) is 17.2 Å². The summed E-state index contributed by atoms with van der Waals surface area (Å²) in [4.78, 5) is 50.2. The van der Waals surface area contributed by atoms with Gasteiger partial charge < -0.3 is 24.3 Å². The minimum absolute atomic E-state index is 0.0993. The number of nitrogens with zero attached hydrogens (tertiary/aromatic N) is 1. The molecule has 0 saturated heterocycles. The molecule has 10 nitrogen and oxygen atoms in total. The average molecular weight is 470 g/mol. The molecule has 0 aliphatic carbocycles. The Morgan fingerprint density at radius 3 is 2.00 bits per heavy atom. The number of methoxy groups -OCH3 is 3. The smallest absolute Gasteiger partial charge is 0.325 e. The van der Waals surface area contributed by atoms with Crippen LogP contribution in [0.1, 0.15) is 43.9 Å². The lowest BCUT2D eigenvalue weighted by Crippen LogP contribution is -2.31. The van der Waals surface area contributed by atoms with Gasteiger partial charge in [0.2, 0.25) is 5.75 Å². The molecule has 0 radical (unpaired) electrons. The van der Waals surface area contributed by atoms with Crippen LogP contribution in [-0.2, 0) is 9.53 Å². The van der Waals surface area contributed by atoms with Crippen molar-refractivity contribution in [3.05, 3.63) is 53.1 Å². The van der Waals surface area contributed by atoms with E-state index in [1.807, 2.05) is 0 Å². The summed E-state index contributed by atoms with van der Waals surface area (Å²) in [7, 11) is 4.32. The summed E-state index contributed by atoms with van der Waals surface area (Å²) in [6.45, 7) is 0.0116. The molecule has 0 fully saturated rings. The monoisotopic (exact) mass is 470 g/mol. The van der Waals surface area contributed by atoms with Gasteiger partial charge in [0.05, 0.1) is 39.1 Å². The van der Waals surface area contributed by atoms with Crippen molar-refractivity contribution >= 4 is 23.7 Å². The van der Waals surface area contributed by atoms with Crippen LogP contribution in [0.3, 0.4) is 0 Å². The molecular formula is C24H26N2O8. The Morgan fingerprint density at radius 1 is 0.882 bits per heavy atom. The molecule has 0 unspecified atom stereocenters. The average Bonchev–Trinajstić information content (AvgIpc) is 3.10. The van der Waals surface area contributed by atoms with E-state index in [9.17, 15) is 19.2 Å². The number of hydrogen-bond donors (Lipinski definition) is 1. The zero-order valence-electron chi connectivity index (χ0n) is 19.2.